The molecule has 89 valence electrons. The van der Waals surface area contributed by atoms with Gasteiger partial charge in [-0.05, 0) is 28.1 Å². The van der Waals surface area contributed by atoms with Crippen molar-refractivity contribution >= 4 is 15.9 Å². The maximum atomic E-state index is 12.3. The van der Waals surface area contributed by atoms with Gasteiger partial charge in [-0.2, -0.15) is 0 Å². The summed E-state index contributed by atoms with van der Waals surface area (Å²) in [6.45, 7) is 0. The first kappa shape index (κ1) is 20.9. The molecule has 0 fully saturated rings. The van der Waals surface area contributed by atoms with E-state index in [9.17, 15) is 13.2 Å². The molecule has 0 heterocycles. The van der Waals surface area contributed by atoms with Crippen LogP contribution in [-0.4, -0.2) is 7.11 Å². The van der Waals surface area contributed by atoms with Crippen LogP contribution >= 0.6 is 15.9 Å². The van der Waals surface area contributed by atoms with Crippen LogP contribution in [0.15, 0.2) is 16.6 Å². The van der Waals surface area contributed by atoms with Crippen LogP contribution < -0.4 is 24.8 Å². The molecule has 0 radical (unpaired) electrons. The third-order valence-corrected chi connectivity index (χ3v) is 1.60. The van der Waals surface area contributed by atoms with Gasteiger partial charge in [-0.15, -0.1) is 0 Å². The molecule has 0 unspecified atom stereocenters. The second-order valence-corrected chi connectivity index (χ2v) is 3.11. The molecule has 0 aliphatic heterocycles. The Morgan fingerprint density at radius 2 is 1.53 bits per heavy atom. The van der Waals surface area contributed by atoms with Gasteiger partial charge in [0.2, 0.25) is 0 Å². The van der Waals surface area contributed by atoms with Crippen LogP contribution in [0, 0.1) is 17.5 Å². The summed E-state index contributed by atoms with van der Waals surface area (Å²) in [5.41, 5.74) is 0. The van der Waals surface area contributed by atoms with Crippen molar-refractivity contribution in [2.24, 2.45) is 0 Å². The molecule has 15 heavy (non-hydrogen) atoms. The van der Waals surface area contributed by atoms with Gasteiger partial charge in [0.1, 0.15) is 0 Å². The third kappa shape index (κ3) is 7.44. The minimum Gasteiger partial charge on any atom is -1.00 e. The minimum atomic E-state index is -1.45. The van der Waals surface area contributed by atoms with Gasteiger partial charge < -0.3 is 24.8 Å². The zero-order valence-corrected chi connectivity index (χ0v) is 11.4. The molecule has 0 saturated carbocycles. The van der Waals surface area contributed by atoms with Crippen LogP contribution in [0.2, 0.25) is 0 Å². The maximum Gasteiger partial charge on any atom is 0.195 e. The monoisotopic (exact) mass is 367 g/mol. The van der Waals surface area contributed by atoms with E-state index in [4.69, 9.17) is 0 Å². The fourth-order valence-corrected chi connectivity index (χ4v) is 0.809. The van der Waals surface area contributed by atoms with E-state index in [1.54, 1.807) is 0 Å². The van der Waals surface area contributed by atoms with Crippen LogP contribution in [-0.2, 0) is 20.2 Å². The Morgan fingerprint density at radius 1 is 1.13 bits per heavy atom. The Balaban J connectivity index is -0.000000260. The fourth-order valence-electron chi connectivity index (χ4n) is 0.502. The molecule has 0 saturated heterocycles. The Hall–Kier alpha value is 0.549. The van der Waals surface area contributed by atoms with Crippen molar-refractivity contribution in [2.45, 2.75) is 0 Å². The van der Waals surface area contributed by atoms with E-state index >= 15 is 0 Å². The normalized spacial score (nSPS) is 7.80. The van der Waals surface area contributed by atoms with Crippen molar-refractivity contribution in [3.8, 4) is 0 Å². The van der Waals surface area contributed by atoms with Gasteiger partial charge in [-0.3, -0.25) is 0 Å². The topological polar surface area (TPSA) is 9.23 Å². The predicted molar refractivity (Wildman–Crippen MR) is 41.0 cm³/mol. The maximum absolute atomic E-state index is 12.3. The van der Waals surface area contributed by atoms with Crippen LogP contribution in [0.1, 0.15) is 0 Å². The van der Waals surface area contributed by atoms with Gasteiger partial charge in [0.15, 0.2) is 17.5 Å². The van der Waals surface area contributed by atoms with E-state index in [1.807, 2.05) is 0 Å². The standard InChI is InChI=1S/C6H2BrF3.CH3O.2ClH.Fe/c7-3-1-2-4(8)6(10)5(3)9;1-2;;;/h1-2H;1H3;2*1H;/q;-1;;;+3/p-2. The van der Waals surface area contributed by atoms with E-state index in [1.165, 1.54) is 7.11 Å². The summed E-state index contributed by atoms with van der Waals surface area (Å²) in [7, 11) is 1.51. The first-order chi connectivity index (χ1) is 6.04. The molecular weight excluding hydrogens is 364 g/mol. The van der Waals surface area contributed by atoms with Crippen molar-refractivity contribution in [3.05, 3.63) is 34.1 Å². The Kier molecular flexibility index (Phi) is 15.4. The van der Waals surface area contributed by atoms with Gasteiger partial charge in [0.05, 0.1) is 4.47 Å². The van der Waals surface area contributed by atoms with E-state index < -0.39 is 17.5 Å². The second-order valence-electron chi connectivity index (χ2n) is 1.80. The molecule has 1 rings (SSSR count). The predicted octanol–water partition coefficient (Wildman–Crippen LogP) is -3.03. The van der Waals surface area contributed by atoms with Crippen molar-refractivity contribution in [2.75, 3.05) is 7.11 Å². The van der Waals surface area contributed by atoms with E-state index in [-0.39, 0.29) is 29.3 Å². The molecule has 0 amide bonds. The van der Waals surface area contributed by atoms with Crippen molar-refractivity contribution in [1.82, 2.24) is 0 Å². The van der Waals surface area contributed by atoms with Gasteiger partial charge in [-0.1, -0.05) is 0 Å². The molecule has 1 aromatic rings. The van der Waals surface area contributed by atoms with E-state index in [2.05, 4.69) is 36.1 Å². The van der Waals surface area contributed by atoms with Gasteiger partial charge >= 0.3 is 27.3 Å². The van der Waals surface area contributed by atoms with Gasteiger partial charge in [-0.25, -0.2) is 13.2 Å². The average Bonchev–Trinajstić information content (AvgIpc) is 2.10. The molecule has 0 aliphatic carbocycles. The molecule has 8 heteroatoms. The van der Waals surface area contributed by atoms with Crippen molar-refractivity contribution in [1.29, 1.82) is 0 Å². The smallest absolute Gasteiger partial charge is 0.195 e. The zero-order valence-electron chi connectivity index (χ0n) is 7.18. The van der Waals surface area contributed by atoms with Crippen LogP contribution in [0.5, 0.6) is 0 Å². The summed E-state index contributed by atoms with van der Waals surface area (Å²) in [5, 5.41) is 0. The minimum absolute atomic E-state index is 0. The molecule has 0 aromatic heterocycles. The number of hydrogen-bond acceptors (Lipinski definition) is 1. The molecule has 1 aromatic carbocycles. The number of halogens is 6. The van der Waals surface area contributed by atoms with Gasteiger partial charge in [0, 0.05) is 0 Å². The SMILES string of the molecule is C[O][Fe+2].Fc1ccc(Br)c(F)c1F.[Cl-].[Cl-]. The first-order valence-electron chi connectivity index (χ1n) is 2.97. The first-order valence-corrected chi connectivity index (χ1v) is 4.21. The summed E-state index contributed by atoms with van der Waals surface area (Å²) in [4.78, 5) is 0. The van der Waals surface area contributed by atoms with Crippen LogP contribution in [0.25, 0.3) is 0 Å². The Morgan fingerprint density at radius 3 is 1.87 bits per heavy atom. The molecule has 0 bridgehead atoms. The van der Waals surface area contributed by atoms with Crippen molar-refractivity contribution in [3.63, 3.8) is 0 Å². The molecule has 0 spiro atoms. The third-order valence-electron chi connectivity index (χ3n) is 0.988. The van der Waals surface area contributed by atoms with Crippen molar-refractivity contribution < 1.29 is 58.1 Å². The summed E-state index contributed by atoms with van der Waals surface area (Å²) in [6.07, 6.45) is 0. The summed E-state index contributed by atoms with van der Waals surface area (Å²) in [5.74, 6) is -3.82. The van der Waals surface area contributed by atoms with Crippen LogP contribution in [0.4, 0.5) is 13.2 Å². The Bertz CT molecular complexity index is 264. The molecule has 0 aliphatic rings. The second kappa shape index (κ2) is 11.0. The summed E-state index contributed by atoms with van der Waals surface area (Å²) >= 11 is 5.68. The molecular formula is C7H5BrCl2F3FeO. The average molecular weight is 369 g/mol. The zero-order chi connectivity index (χ0) is 10.4. The number of rotatable bonds is 0. The summed E-state index contributed by atoms with van der Waals surface area (Å²) in [6, 6.07) is 1.95. The van der Waals surface area contributed by atoms with Gasteiger partial charge in [0.25, 0.3) is 0 Å². The Labute approximate surface area is 115 Å². The molecule has 0 N–H and O–H groups in total. The summed E-state index contributed by atoms with van der Waals surface area (Å²) < 4.78 is 40.6. The number of benzene rings is 1. The molecule has 0 atom stereocenters. The molecule has 1 nitrogen and oxygen atoms in total. The fraction of sp³-hybridized carbons (Fsp3) is 0.143. The van der Waals surface area contributed by atoms with E-state index in [0.717, 1.165) is 12.1 Å². The largest absolute Gasteiger partial charge is 1.00 e. The van der Waals surface area contributed by atoms with E-state index in [0.29, 0.717) is 0 Å². The number of hydrogen-bond donors (Lipinski definition) is 0. The quantitative estimate of drug-likeness (QED) is 0.269. The van der Waals surface area contributed by atoms with Crippen LogP contribution in [0.3, 0.4) is 0 Å².